The van der Waals surface area contributed by atoms with Gasteiger partial charge in [-0.05, 0) is 38.4 Å². The minimum Gasteiger partial charge on any atom is -0.324 e. The van der Waals surface area contributed by atoms with Gasteiger partial charge in [0, 0.05) is 11.8 Å². The van der Waals surface area contributed by atoms with Crippen LogP contribution in [-0.2, 0) is 4.79 Å². The van der Waals surface area contributed by atoms with Gasteiger partial charge in [-0.25, -0.2) is 0 Å². The first-order chi connectivity index (χ1) is 9.10. The first-order valence-electron chi connectivity index (χ1n) is 7.81. The van der Waals surface area contributed by atoms with Gasteiger partial charge in [0.2, 0.25) is 5.91 Å². The van der Waals surface area contributed by atoms with Gasteiger partial charge in [-0.2, -0.15) is 11.8 Å². The molecule has 110 valence electrons. The third-order valence-corrected chi connectivity index (χ3v) is 5.92. The van der Waals surface area contributed by atoms with Crippen molar-refractivity contribution in [3.05, 3.63) is 0 Å². The van der Waals surface area contributed by atoms with E-state index in [-0.39, 0.29) is 11.7 Å². The minimum atomic E-state index is -0.334. The van der Waals surface area contributed by atoms with E-state index < -0.39 is 0 Å². The quantitative estimate of drug-likeness (QED) is 0.842. The molecule has 2 rings (SSSR count). The fourth-order valence-electron chi connectivity index (χ4n) is 3.10. The Labute approximate surface area is 121 Å². The summed E-state index contributed by atoms with van der Waals surface area (Å²) in [6, 6.07) is 0. The van der Waals surface area contributed by atoms with Crippen LogP contribution in [0.4, 0.5) is 0 Å². The SMILES string of the molecule is CCCC1NC(C)(CC)C(=O)N1CC1CCCCS1. The third kappa shape index (κ3) is 3.27. The Morgan fingerprint density at radius 1 is 1.42 bits per heavy atom. The van der Waals surface area contributed by atoms with Crippen LogP contribution in [0.2, 0.25) is 0 Å². The van der Waals surface area contributed by atoms with Crippen LogP contribution in [0.15, 0.2) is 0 Å². The van der Waals surface area contributed by atoms with Gasteiger partial charge in [-0.3, -0.25) is 10.1 Å². The normalized spacial score (nSPS) is 35.9. The van der Waals surface area contributed by atoms with Gasteiger partial charge < -0.3 is 4.90 Å². The van der Waals surface area contributed by atoms with Crippen LogP contribution in [0.3, 0.4) is 0 Å². The lowest BCUT2D eigenvalue weighted by Gasteiger charge is -2.30. The Hall–Kier alpha value is -0.220. The lowest BCUT2D eigenvalue weighted by Crippen LogP contribution is -2.43. The van der Waals surface area contributed by atoms with E-state index in [2.05, 4.69) is 42.7 Å². The van der Waals surface area contributed by atoms with Gasteiger partial charge in [0.1, 0.15) is 0 Å². The predicted molar refractivity (Wildman–Crippen MR) is 82.3 cm³/mol. The van der Waals surface area contributed by atoms with Crippen LogP contribution >= 0.6 is 11.8 Å². The van der Waals surface area contributed by atoms with Crippen LogP contribution in [0.5, 0.6) is 0 Å². The second-order valence-electron chi connectivity index (χ2n) is 6.08. The highest BCUT2D eigenvalue weighted by Crippen LogP contribution is 2.31. The zero-order chi connectivity index (χ0) is 13.9. The average molecular weight is 284 g/mol. The van der Waals surface area contributed by atoms with Gasteiger partial charge >= 0.3 is 0 Å². The molecule has 4 heteroatoms. The zero-order valence-corrected chi connectivity index (χ0v) is 13.4. The standard InChI is InChI=1S/C15H28N2OS/c1-4-8-13-16-15(3,5-2)14(18)17(13)11-12-9-6-7-10-19-12/h12-13,16H,4-11H2,1-3H3. The molecule has 0 aliphatic carbocycles. The Morgan fingerprint density at radius 3 is 2.79 bits per heavy atom. The maximum absolute atomic E-state index is 12.7. The van der Waals surface area contributed by atoms with Crippen molar-refractivity contribution in [2.24, 2.45) is 0 Å². The molecular formula is C15H28N2OS. The molecule has 2 aliphatic heterocycles. The van der Waals surface area contributed by atoms with Crippen molar-refractivity contribution in [2.75, 3.05) is 12.3 Å². The Bertz CT molecular complexity index is 317. The minimum absolute atomic E-state index is 0.255. The average Bonchev–Trinajstić information content (AvgIpc) is 2.66. The number of hydrogen-bond donors (Lipinski definition) is 1. The molecule has 0 spiro atoms. The van der Waals surface area contributed by atoms with Crippen molar-refractivity contribution in [3.8, 4) is 0 Å². The second-order valence-corrected chi connectivity index (χ2v) is 7.49. The number of thioether (sulfide) groups is 1. The molecule has 0 bridgehead atoms. The Balaban J connectivity index is 2.04. The number of amides is 1. The maximum atomic E-state index is 12.7. The molecule has 3 nitrogen and oxygen atoms in total. The molecule has 0 aromatic heterocycles. The summed E-state index contributed by atoms with van der Waals surface area (Å²) in [5, 5.41) is 4.23. The summed E-state index contributed by atoms with van der Waals surface area (Å²) in [5.41, 5.74) is -0.334. The van der Waals surface area contributed by atoms with E-state index in [1.807, 2.05) is 0 Å². The fourth-order valence-corrected chi connectivity index (χ4v) is 4.41. The molecule has 2 saturated heterocycles. The summed E-state index contributed by atoms with van der Waals surface area (Å²) >= 11 is 2.06. The van der Waals surface area contributed by atoms with Crippen LogP contribution in [0, 0.1) is 0 Å². The Kier molecular flexibility index (Phi) is 5.18. The molecule has 2 heterocycles. The molecule has 3 unspecified atom stereocenters. The van der Waals surface area contributed by atoms with Gasteiger partial charge in [-0.15, -0.1) is 0 Å². The van der Waals surface area contributed by atoms with E-state index in [0.717, 1.165) is 25.8 Å². The molecule has 2 fully saturated rings. The number of nitrogens with one attached hydrogen (secondary N) is 1. The summed E-state index contributed by atoms with van der Waals surface area (Å²) in [6.07, 6.45) is 7.27. The van der Waals surface area contributed by atoms with Gasteiger partial charge in [-0.1, -0.05) is 26.7 Å². The summed E-state index contributed by atoms with van der Waals surface area (Å²) in [7, 11) is 0. The summed E-state index contributed by atoms with van der Waals surface area (Å²) in [5.74, 6) is 1.59. The smallest absolute Gasteiger partial charge is 0.243 e. The molecule has 3 atom stereocenters. The van der Waals surface area contributed by atoms with E-state index in [0.29, 0.717) is 11.2 Å². The van der Waals surface area contributed by atoms with E-state index in [1.54, 1.807) is 0 Å². The summed E-state index contributed by atoms with van der Waals surface area (Å²) < 4.78 is 0. The summed E-state index contributed by atoms with van der Waals surface area (Å²) in [6.45, 7) is 7.30. The molecule has 0 saturated carbocycles. The number of rotatable bonds is 5. The third-order valence-electron chi connectivity index (χ3n) is 4.54. The molecule has 19 heavy (non-hydrogen) atoms. The van der Waals surface area contributed by atoms with Crippen LogP contribution in [-0.4, -0.2) is 40.1 Å². The predicted octanol–water partition coefficient (Wildman–Crippen LogP) is 3.00. The van der Waals surface area contributed by atoms with E-state index in [9.17, 15) is 4.79 Å². The number of nitrogens with zero attached hydrogens (tertiary/aromatic N) is 1. The molecule has 0 aromatic rings. The lowest BCUT2D eigenvalue weighted by atomic mass is 9.99. The number of hydrogen-bond acceptors (Lipinski definition) is 3. The van der Waals surface area contributed by atoms with Gasteiger partial charge in [0.25, 0.3) is 0 Å². The van der Waals surface area contributed by atoms with Crippen LogP contribution < -0.4 is 5.32 Å². The highest BCUT2D eigenvalue weighted by Gasteiger charge is 2.46. The molecule has 0 radical (unpaired) electrons. The van der Waals surface area contributed by atoms with Crippen LogP contribution in [0.25, 0.3) is 0 Å². The molecular weight excluding hydrogens is 256 g/mol. The van der Waals surface area contributed by atoms with Crippen molar-refractivity contribution in [1.82, 2.24) is 10.2 Å². The lowest BCUT2D eigenvalue weighted by molar-refractivity contribution is -0.133. The molecule has 0 aromatic carbocycles. The van der Waals surface area contributed by atoms with Crippen molar-refractivity contribution in [2.45, 2.75) is 76.3 Å². The maximum Gasteiger partial charge on any atom is 0.243 e. The Morgan fingerprint density at radius 2 is 2.21 bits per heavy atom. The highest BCUT2D eigenvalue weighted by molar-refractivity contribution is 7.99. The number of carbonyl (C=O) groups is 1. The summed E-state index contributed by atoms with van der Waals surface area (Å²) in [4.78, 5) is 14.8. The monoisotopic (exact) mass is 284 g/mol. The first kappa shape index (κ1) is 15.2. The van der Waals surface area contributed by atoms with Crippen LogP contribution in [0.1, 0.15) is 59.3 Å². The number of carbonyl (C=O) groups excluding carboxylic acids is 1. The van der Waals surface area contributed by atoms with E-state index >= 15 is 0 Å². The van der Waals surface area contributed by atoms with Crippen molar-refractivity contribution >= 4 is 17.7 Å². The zero-order valence-electron chi connectivity index (χ0n) is 12.6. The van der Waals surface area contributed by atoms with E-state index in [4.69, 9.17) is 0 Å². The van der Waals surface area contributed by atoms with Crippen molar-refractivity contribution in [1.29, 1.82) is 0 Å². The molecule has 2 aliphatic rings. The molecule has 1 amide bonds. The molecule has 1 N–H and O–H groups in total. The van der Waals surface area contributed by atoms with Gasteiger partial charge in [0.15, 0.2) is 0 Å². The fraction of sp³-hybridized carbons (Fsp3) is 0.933. The first-order valence-corrected chi connectivity index (χ1v) is 8.86. The van der Waals surface area contributed by atoms with E-state index in [1.165, 1.54) is 25.0 Å². The second kappa shape index (κ2) is 6.49. The largest absolute Gasteiger partial charge is 0.324 e. The topological polar surface area (TPSA) is 32.3 Å². The highest BCUT2D eigenvalue weighted by atomic mass is 32.2. The van der Waals surface area contributed by atoms with Crippen molar-refractivity contribution in [3.63, 3.8) is 0 Å². The van der Waals surface area contributed by atoms with Gasteiger partial charge in [0.05, 0.1) is 11.7 Å². The van der Waals surface area contributed by atoms with Crippen molar-refractivity contribution < 1.29 is 4.79 Å².